The highest BCUT2D eigenvalue weighted by Gasteiger charge is 2.24. The first kappa shape index (κ1) is 16.0. The first-order valence-corrected chi connectivity index (χ1v) is 8.98. The summed E-state index contributed by atoms with van der Waals surface area (Å²) in [6.07, 6.45) is 3.67. The number of hydrogen-bond acceptors (Lipinski definition) is 3. The summed E-state index contributed by atoms with van der Waals surface area (Å²) in [5.74, 6) is 0.271. The molecule has 1 aliphatic rings. The lowest BCUT2D eigenvalue weighted by Crippen LogP contribution is -2.35. The summed E-state index contributed by atoms with van der Waals surface area (Å²) in [5, 5.41) is 2.80. The van der Waals surface area contributed by atoms with Gasteiger partial charge < -0.3 is 5.32 Å². The zero-order valence-corrected chi connectivity index (χ0v) is 13.3. The van der Waals surface area contributed by atoms with Gasteiger partial charge >= 0.3 is 0 Å². The third kappa shape index (κ3) is 4.28. The van der Waals surface area contributed by atoms with E-state index < -0.39 is 10.0 Å². The maximum absolute atomic E-state index is 12.0. The fourth-order valence-corrected chi connectivity index (χ4v) is 3.09. The molecule has 0 saturated carbocycles. The van der Waals surface area contributed by atoms with Crippen LogP contribution in [0, 0.1) is 0 Å². The van der Waals surface area contributed by atoms with Gasteiger partial charge in [-0.1, -0.05) is 24.3 Å². The molecule has 1 unspecified atom stereocenters. The average molecular weight is 310 g/mol. The molecule has 1 atom stereocenters. The molecule has 0 spiro atoms. The molecule has 5 nitrogen and oxygen atoms in total. The Hall–Kier alpha value is -1.40. The average Bonchev–Trinajstić information content (AvgIpc) is 2.81. The molecular formula is C15H22N2O3S. The van der Waals surface area contributed by atoms with Gasteiger partial charge in [0, 0.05) is 26.6 Å². The number of nitrogens with one attached hydrogen (secondary N) is 1. The number of amides is 1. The summed E-state index contributed by atoms with van der Waals surface area (Å²) in [5.41, 5.74) is 2.62. The number of hydrogen-bond donors (Lipinski definition) is 1. The Balaban J connectivity index is 1.79. The van der Waals surface area contributed by atoms with E-state index in [9.17, 15) is 13.2 Å². The monoisotopic (exact) mass is 310 g/mol. The molecule has 0 radical (unpaired) electrons. The largest absolute Gasteiger partial charge is 0.355 e. The Morgan fingerprint density at radius 3 is 2.81 bits per heavy atom. The Labute approximate surface area is 126 Å². The van der Waals surface area contributed by atoms with E-state index in [0.717, 1.165) is 19.1 Å². The number of rotatable bonds is 6. The number of benzene rings is 1. The number of carbonyl (C=O) groups is 1. The van der Waals surface area contributed by atoms with Crippen molar-refractivity contribution >= 4 is 15.9 Å². The molecule has 0 heterocycles. The van der Waals surface area contributed by atoms with Crippen molar-refractivity contribution in [1.29, 1.82) is 0 Å². The minimum absolute atomic E-state index is 0.0152. The molecule has 1 amide bonds. The lowest BCUT2D eigenvalue weighted by atomic mass is 9.97. The zero-order valence-electron chi connectivity index (χ0n) is 12.5. The van der Waals surface area contributed by atoms with Crippen LogP contribution in [0.25, 0.3) is 0 Å². The van der Waals surface area contributed by atoms with Crippen LogP contribution < -0.4 is 5.32 Å². The summed E-state index contributed by atoms with van der Waals surface area (Å²) in [6, 6.07) is 8.25. The predicted molar refractivity (Wildman–Crippen MR) is 82.6 cm³/mol. The second-order valence-corrected chi connectivity index (χ2v) is 7.66. The molecule has 0 bridgehead atoms. The number of carbonyl (C=O) groups excluding carboxylic acids is 1. The van der Waals surface area contributed by atoms with Crippen molar-refractivity contribution in [3.8, 4) is 0 Å². The van der Waals surface area contributed by atoms with E-state index in [-0.39, 0.29) is 11.8 Å². The Morgan fingerprint density at radius 2 is 2.10 bits per heavy atom. The van der Waals surface area contributed by atoms with Gasteiger partial charge in [-0.2, -0.15) is 0 Å². The topological polar surface area (TPSA) is 66.5 Å². The van der Waals surface area contributed by atoms with Crippen LogP contribution in [0.15, 0.2) is 24.3 Å². The number of nitrogens with zero attached hydrogens (tertiary/aromatic N) is 1. The van der Waals surface area contributed by atoms with Crippen LogP contribution in [0.5, 0.6) is 0 Å². The van der Waals surface area contributed by atoms with E-state index in [1.54, 1.807) is 0 Å². The number of sulfonamides is 1. The summed E-state index contributed by atoms with van der Waals surface area (Å²) in [7, 11) is -1.67. The van der Waals surface area contributed by atoms with Crippen molar-refractivity contribution in [2.75, 3.05) is 26.4 Å². The maximum atomic E-state index is 12.0. The van der Waals surface area contributed by atoms with Crippen molar-refractivity contribution in [2.45, 2.75) is 25.2 Å². The van der Waals surface area contributed by atoms with Crippen molar-refractivity contribution in [3.05, 3.63) is 35.4 Å². The molecule has 116 valence electrons. The van der Waals surface area contributed by atoms with Gasteiger partial charge in [0.1, 0.15) is 0 Å². The third-order valence-corrected chi connectivity index (χ3v) is 5.32. The third-order valence-electron chi connectivity index (χ3n) is 4.00. The summed E-state index contributed by atoms with van der Waals surface area (Å²) < 4.78 is 23.7. The van der Waals surface area contributed by atoms with Gasteiger partial charge in [0.25, 0.3) is 0 Å². The minimum atomic E-state index is -3.18. The summed E-state index contributed by atoms with van der Waals surface area (Å²) in [6.45, 7) is 0.641. The summed E-state index contributed by atoms with van der Waals surface area (Å²) >= 11 is 0. The quantitative estimate of drug-likeness (QED) is 0.856. The molecule has 2 rings (SSSR count). The molecule has 1 N–H and O–H groups in total. The van der Waals surface area contributed by atoms with Gasteiger partial charge in [0.05, 0.1) is 6.26 Å². The van der Waals surface area contributed by atoms with Gasteiger partial charge in [0.2, 0.25) is 15.9 Å². The van der Waals surface area contributed by atoms with Crippen LogP contribution in [-0.2, 0) is 21.2 Å². The Kier molecular flexibility index (Phi) is 5.00. The van der Waals surface area contributed by atoms with Crippen LogP contribution in [-0.4, -0.2) is 45.0 Å². The fraction of sp³-hybridized carbons (Fsp3) is 0.533. The lowest BCUT2D eigenvalue weighted by molar-refractivity contribution is -0.121. The van der Waals surface area contributed by atoms with E-state index in [4.69, 9.17) is 0 Å². The molecule has 1 aliphatic carbocycles. The molecule has 1 aromatic carbocycles. The fourth-order valence-electron chi connectivity index (χ4n) is 2.67. The van der Waals surface area contributed by atoms with E-state index in [1.165, 1.54) is 22.5 Å². The van der Waals surface area contributed by atoms with Crippen molar-refractivity contribution in [3.63, 3.8) is 0 Å². The van der Waals surface area contributed by atoms with E-state index >= 15 is 0 Å². The van der Waals surface area contributed by atoms with Crippen LogP contribution in [0.2, 0.25) is 0 Å². The van der Waals surface area contributed by atoms with Crippen LogP contribution in [0.1, 0.15) is 29.9 Å². The van der Waals surface area contributed by atoms with Gasteiger partial charge in [-0.3, -0.25) is 4.79 Å². The van der Waals surface area contributed by atoms with Crippen LogP contribution in [0.3, 0.4) is 0 Å². The van der Waals surface area contributed by atoms with Gasteiger partial charge in [0.15, 0.2) is 0 Å². The molecule has 0 fully saturated rings. The molecule has 6 heteroatoms. The maximum Gasteiger partial charge on any atom is 0.220 e. The minimum Gasteiger partial charge on any atom is -0.355 e. The van der Waals surface area contributed by atoms with Gasteiger partial charge in [-0.05, 0) is 29.9 Å². The number of fused-ring (bicyclic) bond motifs is 1. The second kappa shape index (κ2) is 6.58. The van der Waals surface area contributed by atoms with Crippen molar-refractivity contribution in [2.24, 2.45) is 0 Å². The highest BCUT2D eigenvalue weighted by atomic mass is 32.2. The van der Waals surface area contributed by atoms with Crippen LogP contribution in [0.4, 0.5) is 0 Å². The molecule has 1 aromatic rings. The number of likely N-dealkylation sites (N-methyl/N-ethyl adjacent to an activating group) is 1. The van der Waals surface area contributed by atoms with E-state index in [1.807, 2.05) is 12.1 Å². The number of aryl methyl sites for hydroxylation is 1. The Bertz CT molecular complexity index is 613. The first-order valence-electron chi connectivity index (χ1n) is 7.13. The van der Waals surface area contributed by atoms with Crippen LogP contribution >= 0.6 is 0 Å². The standard InChI is InChI=1S/C15H22N2O3S/c1-17(21(2,19)20)10-9-16-15(18)11-13-8-7-12-5-3-4-6-14(12)13/h3-6,13H,7-11H2,1-2H3,(H,16,18). The molecule has 21 heavy (non-hydrogen) atoms. The zero-order chi connectivity index (χ0) is 15.5. The second-order valence-electron chi connectivity index (χ2n) is 5.57. The highest BCUT2D eigenvalue weighted by Crippen LogP contribution is 2.34. The van der Waals surface area contributed by atoms with Gasteiger partial charge in [-0.15, -0.1) is 0 Å². The smallest absolute Gasteiger partial charge is 0.220 e. The summed E-state index contributed by atoms with van der Waals surface area (Å²) in [4.78, 5) is 12.0. The predicted octanol–water partition coefficient (Wildman–Crippen LogP) is 1.11. The Morgan fingerprint density at radius 1 is 1.38 bits per heavy atom. The molecular weight excluding hydrogens is 288 g/mol. The normalized spacial score (nSPS) is 17.8. The lowest BCUT2D eigenvalue weighted by Gasteiger charge is -2.15. The highest BCUT2D eigenvalue weighted by molar-refractivity contribution is 7.88. The van der Waals surface area contributed by atoms with Gasteiger partial charge in [-0.25, -0.2) is 12.7 Å². The molecule has 0 saturated heterocycles. The van der Waals surface area contributed by atoms with E-state index in [0.29, 0.717) is 19.5 Å². The first-order chi connectivity index (χ1) is 9.88. The molecule has 0 aliphatic heterocycles. The SMILES string of the molecule is CN(CCNC(=O)CC1CCc2ccccc21)S(C)(=O)=O. The van der Waals surface area contributed by atoms with Crippen molar-refractivity contribution in [1.82, 2.24) is 9.62 Å². The van der Waals surface area contributed by atoms with Crippen molar-refractivity contribution < 1.29 is 13.2 Å². The molecule has 0 aromatic heterocycles. The van der Waals surface area contributed by atoms with E-state index in [2.05, 4.69) is 17.4 Å².